The van der Waals surface area contributed by atoms with Crippen LogP contribution in [0.5, 0.6) is 5.75 Å². The van der Waals surface area contributed by atoms with E-state index in [0.29, 0.717) is 16.3 Å². The van der Waals surface area contributed by atoms with Gasteiger partial charge in [-0.25, -0.2) is 0 Å². The molecular weight excluding hydrogens is 248 g/mol. The molecule has 0 aliphatic heterocycles. The van der Waals surface area contributed by atoms with E-state index < -0.39 is 0 Å². The first-order valence-electron chi connectivity index (χ1n) is 6.22. The summed E-state index contributed by atoms with van der Waals surface area (Å²) >= 11 is 5.94. The van der Waals surface area contributed by atoms with Gasteiger partial charge in [0.2, 0.25) is 0 Å². The lowest BCUT2D eigenvalue weighted by atomic mass is 10.1. The molecule has 98 valence electrons. The van der Waals surface area contributed by atoms with E-state index in [4.69, 9.17) is 21.6 Å². The third-order valence-electron chi connectivity index (χ3n) is 2.68. The summed E-state index contributed by atoms with van der Waals surface area (Å²) in [6.07, 6.45) is 3.06. The van der Waals surface area contributed by atoms with Crippen LogP contribution in [0.15, 0.2) is 18.2 Å². The van der Waals surface area contributed by atoms with Gasteiger partial charge in [-0.3, -0.25) is 0 Å². The predicted octanol–water partition coefficient (Wildman–Crippen LogP) is 3.37. The Morgan fingerprint density at radius 3 is 2.83 bits per heavy atom. The molecule has 18 heavy (non-hydrogen) atoms. The van der Waals surface area contributed by atoms with Crippen molar-refractivity contribution in [2.24, 2.45) is 0 Å². The predicted molar refractivity (Wildman–Crippen MR) is 74.0 cm³/mol. The molecule has 0 bridgehead atoms. The Hall–Kier alpha value is -1.24. The normalized spacial score (nSPS) is 11.9. The molecule has 1 N–H and O–H groups in total. The Kier molecular flexibility index (Phi) is 6.56. The van der Waals surface area contributed by atoms with Crippen LogP contribution >= 0.6 is 11.6 Å². The quantitative estimate of drug-likeness (QED) is 0.823. The third-order valence-corrected chi connectivity index (χ3v) is 2.92. The van der Waals surface area contributed by atoms with Gasteiger partial charge in [0.15, 0.2) is 0 Å². The van der Waals surface area contributed by atoms with Gasteiger partial charge in [0.05, 0.1) is 11.7 Å². The number of ether oxygens (including phenoxy) is 1. The number of hydrogen-bond donors (Lipinski definition) is 1. The summed E-state index contributed by atoms with van der Waals surface area (Å²) in [6.45, 7) is 3.02. The van der Waals surface area contributed by atoms with Gasteiger partial charge >= 0.3 is 0 Å². The zero-order valence-electron chi connectivity index (χ0n) is 10.9. The molecule has 1 aromatic carbocycles. The Morgan fingerprint density at radius 1 is 1.44 bits per heavy atom. The SMILES string of the molecule is CCCC(CCNC)Oc1cc(Cl)ccc1C#N. The first-order chi connectivity index (χ1) is 8.71. The average molecular weight is 267 g/mol. The second-order valence-corrected chi connectivity index (χ2v) is 4.61. The second-order valence-electron chi connectivity index (χ2n) is 4.17. The van der Waals surface area contributed by atoms with Crippen molar-refractivity contribution >= 4 is 11.6 Å². The molecule has 0 amide bonds. The van der Waals surface area contributed by atoms with E-state index in [1.54, 1.807) is 18.2 Å². The van der Waals surface area contributed by atoms with E-state index in [-0.39, 0.29) is 6.10 Å². The molecule has 3 nitrogen and oxygen atoms in total. The molecule has 0 aliphatic carbocycles. The Morgan fingerprint density at radius 2 is 2.22 bits per heavy atom. The van der Waals surface area contributed by atoms with Crippen LogP contribution in [-0.2, 0) is 0 Å². The minimum Gasteiger partial charge on any atom is -0.489 e. The van der Waals surface area contributed by atoms with Crippen LogP contribution in [0.1, 0.15) is 31.7 Å². The summed E-state index contributed by atoms with van der Waals surface area (Å²) in [4.78, 5) is 0. The number of rotatable bonds is 7. The third kappa shape index (κ3) is 4.56. The number of nitriles is 1. The summed E-state index contributed by atoms with van der Waals surface area (Å²) in [5.41, 5.74) is 0.532. The van der Waals surface area contributed by atoms with Crippen LogP contribution < -0.4 is 10.1 Å². The molecule has 0 saturated heterocycles. The molecule has 0 spiro atoms. The van der Waals surface area contributed by atoms with Gasteiger partial charge in [-0.05, 0) is 38.6 Å². The van der Waals surface area contributed by atoms with E-state index in [2.05, 4.69) is 18.3 Å². The summed E-state index contributed by atoms with van der Waals surface area (Å²) in [6, 6.07) is 7.23. The minimum absolute atomic E-state index is 0.119. The lowest BCUT2D eigenvalue weighted by Gasteiger charge is -2.19. The number of nitrogens with zero attached hydrogens (tertiary/aromatic N) is 1. The minimum atomic E-state index is 0.119. The van der Waals surface area contributed by atoms with Crippen LogP contribution in [-0.4, -0.2) is 19.7 Å². The number of benzene rings is 1. The molecule has 0 aromatic heterocycles. The lowest BCUT2D eigenvalue weighted by Crippen LogP contribution is -2.22. The molecular formula is C14H19ClN2O. The summed E-state index contributed by atoms with van der Waals surface area (Å²) in [5.74, 6) is 0.583. The molecule has 1 rings (SSSR count). The van der Waals surface area contributed by atoms with Crippen LogP contribution in [0.3, 0.4) is 0 Å². The van der Waals surface area contributed by atoms with Gasteiger partial charge in [-0.15, -0.1) is 0 Å². The molecule has 1 atom stereocenters. The van der Waals surface area contributed by atoms with Crippen molar-refractivity contribution in [1.29, 1.82) is 5.26 Å². The fraction of sp³-hybridized carbons (Fsp3) is 0.500. The maximum atomic E-state index is 9.04. The molecule has 0 radical (unpaired) electrons. The van der Waals surface area contributed by atoms with Crippen molar-refractivity contribution in [3.05, 3.63) is 28.8 Å². The number of halogens is 1. The average Bonchev–Trinajstić information content (AvgIpc) is 2.36. The standard InChI is InChI=1S/C14H19ClN2O/c1-3-4-13(7-8-17-2)18-14-9-12(15)6-5-11(14)10-16/h5-6,9,13,17H,3-4,7-8H2,1-2H3. The lowest BCUT2D eigenvalue weighted by molar-refractivity contribution is 0.179. The second kappa shape index (κ2) is 7.97. The van der Waals surface area contributed by atoms with E-state index in [9.17, 15) is 0 Å². The molecule has 1 unspecified atom stereocenters. The van der Waals surface area contributed by atoms with Gasteiger partial charge in [0.1, 0.15) is 11.8 Å². The first-order valence-corrected chi connectivity index (χ1v) is 6.60. The van der Waals surface area contributed by atoms with Gasteiger partial charge in [-0.2, -0.15) is 5.26 Å². The Bertz CT molecular complexity index is 415. The van der Waals surface area contributed by atoms with Crippen molar-refractivity contribution in [2.75, 3.05) is 13.6 Å². The van der Waals surface area contributed by atoms with Gasteiger partial charge in [0.25, 0.3) is 0 Å². The van der Waals surface area contributed by atoms with E-state index >= 15 is 0 Å². The summed E-state index contributed by atoms with van der Waals surface area (Å²) in [5, 5.41) is 12.7. The van der Waals surface area contributed by atoms with Crippen molar-refractivity contribution < 1.29 is 4.74 Å². The maximum absolute atomic E-state index is 9.04. The zero-order valence-corrected chi connectivity index (χ0v) is 11.6. The maximum Gasteiger partial charge on any atom is 0.138 e. The van der Waals surface area contributed by atoms with E-state index in [0.717, 1.165) is 25.8 Å². The monoisotopic (exact) mass is 266 g/mol. The first kappa shape index (κ1) is 14.8. The molecule has 0 heterocycles. The molecule has 4 heteroatoms. The van der Waals surface area contributed by atoms with E-state index in [1.807, 2.05) is 7.05 Å². The smallest absolute Gasteiger partial charge is 0.138 e. The van der Waals surface area contributed by atoms with Gasteiger partial charge in [-0.1, -0.05) is 24.9 Å². The molecule has 1 aromatic rings. The van der Waals surface area contributed by atoms with Crippen molar-refractivity contribution in [3.63, 3.8) is 0 Å². The van der Waals surface area contributed by atoms with Crippen LogP contribution in [0.25, 0.3) is 0 Å². The largest absolute Gasteiger partial charge is 0.489 e. The molecule has 0 fully saturated rings. The highest BCUT2D eigenvalue weighted by atomic mass is 35.5. The highest BCUT2D eigenvalue weighted by Crippen LogP contribution is 2.25. The van der Waals surface area contributed by atoms with Crippen LogP contribution in [0.2, 0.25) is 5.02 Å². The highest BCUT2D eigenvalue weighted by Gasteiger charge is 2.12. The fourth-order valence-electron chi connectivity index (χ4n) is 1.76. The summed E-state index contributed by atoms with van der Waals surface area (Å²) < 4.78 is 5.91. The number of hydrogen-bond acceptors (Lipinski definition) is 3. The van der Waals surface area contributed by atoms with Gasteiger partial charge < -0.3 is 10.1 Å². The van der Waals surface area contributed by atoms with Crippen LogP contribution in [0.4, 0.5) is 0 Å². The fourth-order valence-corrected chi connectivity index (χ4v) is 1.92. The Balaban J connectivity index is 2.79. The highest BCUT2D eigenvalue weighted by molar-refractivity contribution is 6.30. The molecule has 0 saturated carbocycles. The Labute approximate surface area is 114 Å². The zero-order chi connectivity index (χ0) is 13.4. The van der Waals surface area contributed by atoms with E-state index in [1.165, 1.54) is 0 Å². The molecule has 0 aliphatic rings. The van der Waals surface area contributed by atoms with Crippen molar-refractivity contribution in [2.45, 2.75) is 32.3 Å². The van der Waals surface area contributed by atoms with Gasteiger partial charge in [0, 0.05) is 11.1 Å². The summed E-state index contributed by atoms with van der Waals surface area (Å²) in [7, 11) is 1.92. The van der Waals surface area contributed by atoms with Crippen molar-refractivity contribution in [1.82, 2.24) is 5.32 Å². The van der Waals surface area contributed by atoms with Crippen LogP contribution in [0, 0.1) is 11.3 Å². The topological polar surface area (TPSA) is 45.0 Å². The van der Waals surface area contributed by atoms with Crippen molar-refractivity contribution in [3.8, 4) is 11.8 Å². The number of nitrogens with one attached hydrogen (secondary N) is 1.